The highest BCUT2D eigenvalue weighted by atomic mass is 16.2. The van der Waals surface area contributed by atoms with E-state index in [1.807, 2.05) is 12.1 Å². The number of pyridine rings is 1. The van der Waals surface area contributed by atoms with Crippen LogP contribution in [0.25, 0.3) is 0 Å². The zero-order chi connectivity index (χ0) is 17.6. The third-order valence-electron chi connectivity index (χ3n) is 5.58. The second-order valence-electron chi connectivity index (χ2n) is 7.55. The van der Waals surface area contributed by atoms with E-state index in [0.29, 0.717) is 6.04 Å². The van der Waals surface area contributed by atoms with Crippen LogP contribution in [0.4, 0.5) is 5.82 Å². The van der Waals surface area contributed by atoms with E-state index in [0.717, 1.165) is 69.3 Å². The number of nitrogens with one attached hydrogen (secondary N) is 1. The molecule has 0 saturated carbocycles. The lowest BCUT2D eigenvalue weighted by Crippen LogP contribution is -2.46. The molecule has 1 amide bonds. The van der Waals surface area contributed by atoms with Crippen LogP contribution in [0, 0.1) is 5.92 Å². The van der Waals surface area contributed by atoms with Gasteiger partial charge in [0.25, 0.3) is 5.91 Å². The van der Waals surface area contributed by atoms with Gasteiger partial charge >= 0.3 is 0 Å². The fraction of sp³-hybridized carbons (Fsp3) is 0.700. The quantitative estimate of drug-likeness (QED) is 0.892. The van der Waals surface area contributed by atoms with Crippen molar-refractivity contribution in [1.29, 1.82) is 0 Å². The summed E-state index contributed by atoms with van der Waals surface area (Å²) in [4.78, 5) is 22.0. The Balaban J connectivity index is 1.67. The van der Waals surface area contributed by atoms with Crippen molar-refractivity contribution >= 4 is 11.7 Å². The summed E-state index contributed by atoms with van der Waals surface area (Å²) in [6, 6.07) is 4.35. The summed E-state index contributed by atoms with van der Waals surface area (Å²) in [7, 11) is 0. The molecule has 138 valence electrons. The summed E-state index contributed by atoms with van der Waals surface area (Å²) in [6.45, 7) is 9.42. The molecule has 1 aromatic heterocycles. The molecule has 2 aliphatic heterocycles. The lowest BCUT2D eigenvalue weighted by atomic mass is 9.99. The fourth-order valence-electron chi connectivity index (χ4n) is 3.91. The van der Waals surface area contributed by atoms with Crippen LogP contribution in [0.15, 0.2) is 18.3 Å². The van der Waals surface area contributed by atoms with E-state index in [2.05, 4.69) is 33.9 Å². The summed E-state index contributed by atoms with van der Waals surface area (Å²) < 4.78 is 0. The monoisotopic (exact) mass is 344 g/mol. The highest BCUT2D eigenvalue weighted by Crippen LogP contribution is 2.22. The van der Waals surface area contributed by atoms with Crippen LogP contribution >= 0.6 is 0 Å². The van der Waals surface area contributed by atoms with E-state index >= 15 is 0 Å². The minimum Gasteiger partial charge on any atom is -0.357 e. The van der Waals surface area contributed by atoms with E-state index in [4.69, 9.17) is 0 Å². The molecule has 0 spiro atoms. The van der Waals surface area contributed by atoms with Gasteiger partial charge in [-0.05, 0) is 63.2 Å². The molecular formula is C20H32N4O. The number of hydrogen-bond acceptors (Lipinski definition) is 4. The van der Waals surface area contributed by atoms with Crippen LogP contribution in [-0.2, 0) is 0 Å². The average Bonchev–Trinajstić information content (AvgIpc) is 2.67. The molecule has 0 atom stereocenters. The first-order valence-electron chi connectivity index (χ1n) is 9.91. The molecule has 0 unspecified atom stereocenters. The van der Waals surface area contributed by atoms with Gasteiger partial charge in [0.05, 0.1) is 5.56 Å². The number of anilines is 1. The minimum atomic E-state index is 0.139. The van der Waals surface area contributed by atoms with Gasteiger partial charge in [-0.1, -0.05) is 13.8 Å². The molecule has 2 fully saturated rings. The van der Waals surface area contributed by atoms with Gasteiger partial charge in [-0.2, -0.15) is 0 Å². The highest BCUT2D eigenvalue weighted by molar-refractivity contribution is 5.94. The Kier molecular flexibility index (Phi) is 6.29. The lowest BCUT2D eigenvalue weighted by Gasteiger charge is -2.35. The predicted octanol–water partition coefficient (Wildman–Crippen LogP) is 2.92. The Morgan fingerprint density at radius 1 is 1.24 bits per heavy atom. The highest BCUT2D eigenvalue weighted by Gasteiger charge is 2.26. The molecule has 0 bridgehead atoms. The third-order valence-corrected chi connectivity index (χ3v) is 5.58. The smallest absolute Gasteiger partial charge is 0.255 e. The third kappa shape index (κ3) is 4.51. The maximum absolute atomic E-state index is 13.0. The molecule has 2 saturated heterocycles. The molecule has 1 aromatic rings. The van der Waals surface area contributed by atoms with E-state index in [1.165, 1.54) is 12.8 Å². The van der Waals surface area contributed by atoms with Gasteiger partial charge in [-0.25, -0.2) is 4.98 Å². The van der Waals surface area contributed by atoms with E-state index in [9.17, 15) is 4.79 Å². The zero-order valence-corrected chi connectivity index (χ0v) is 15.7. The van der Waals surface area contributed by atoms with Crippen molar-refractivity contribution in [1.82, 2.24) is 15.2 Å². The summed E-state index contributed by atoms with van der Waals surface area (Å²) >= 11 is 0. The first kappa shape index (κ1) is 18.2. The Hall–Kier alpha value is -1.62. The number of carbonyl (C=O) groups excluding carboxylic acids is 1. The number of carbonyl (C=O) groups is 1. The van der Waals surface area contributed by atoms with Gasteiger partial charge in [-0.15, -0.1) is 0 Å². The standard InChI is InChI=1S/C20H32N4O/c1-3-12-24(18-6-10-21-11-7-18)20(25)17-4-5-19(22-15-17)23-13-8-16(2)9-14-23/h4-5,15-16,18,21H,3,6-14H2,1-2H3. The second kappa shape index (κ2) is 8.65. The lowest BCUT2D eigenvalue weighted by molar-refractivity contribution is 0.0642. The number of rotatable bonds is 5. The van der Waals surface area contributed by atoms with E-state index in [1.54, 1.807) is 6.20 Å². The van der Waals surface area contributed by atoms with Crippen molar-refractivity contribution in [2.24, 2.45) is 5.92 Å². The van der Waals surface area contributed by atoms with E-state index in [-0.39, 0.29) is 5.91 Å². The van der Waals surface area contributed by atoms with Crippen LogP contribution in [0.3, 0.4) is 0 Å². The number of nitrogens with zero attached hydrogens (tertiary/aromatic N) is 3. The molecule has 5 heteroatoms. The SMILES string of the molecule is CCCN(C(=O)c1ccc(N2CCC(C)CC2)nc1)C1CCNCC1. The molecule has 0 aliphatic carbocycles. The first-order valence-corrected chi connectivity index (χ1v) is 9.91. The molecule has 0 aromatic carbocycles. The van der Waals surface area contributed by atoms with Crippen LogP contribution in [-0.4, -0.2) is 54.6 Å². The van der Waals surface area contributed by atoms with Crippen molar-refractivity contribution in [2.75, 3.05) is 37.6 Å². The Labute approximate surface area is 151 Å². The summed E-state index contributed by atoms with van der Waals surface area (Å²) in [5.74, 6) is 1.96. The molecule has 2 aliphatic rings. The van der Waals surface area contributed by atoms with Crippen LogP contribution in [0.2, 0.25) is 0 Å². The molecule has 5 nitrogen and oxygen atoms in total. The Bertz CT molecular complexity index is 545. The number of aromatic nitrogens is 1. The van der Waals surface area contributed by atoms with E-state index < -0.39 is 0 Å². The molecule has 1 N–H and O–H groups in total. The average molecular weight is 345 g/mol. The fourth-order valence-corrected chi connectivity index (χ4v) is 3.91. The number of amides is 1. The first-order chi connectivity index (χ1) is 12.2. The van der Waals surface area contributed by atoms with Gasteiger partial charge in [0.15, 0.2) is 0 Å². The van der Waals surface area contributed by atoms with Gasteiger partial charge < -0.3 is 15.1 Å². The molecule has 3 heterocycles. The summed E-state index contributed by atoms with van der Waals surface area (Å²) in [5, 5.41) is 3.38. The zero-order valence-electron chi connectivity index (χ0n) is 15.7. The minimum absolute atomic E-state index is 0.139. The Morgan fingerprint density at radius 3 is 2.56 bits per heavy atom. The summed E-state index contributed by atoms with van der Waals surface area (Å²) in [6.07, 6.45) is 7.31. The number of piperidine rings is 2. The molecule has 0 radical (unpaired) electrons. The van der Waals surface area contributed by atoms with Crippen LogP contribution < -0.4 is 10.2 Å². The second-order valence-corrected chi connectivity index (χ2v) is 7.55. The van der Waals surface area contributed by atoms with Crippen LogP contribution in [0.1, 0.15) is 56.3 Å². The summed E-state index contributed by atoms with van der Waals surface area (Å²) in [5.41, 5.74) is 0.723. The van der Waals surface area contributed by atoms with Gasteiger partial charge in [0, 0.05) is 31.9 Å². The maximum atomic E-state index is 13.0. The van der Waals surface area contributed by atoms with Crippen molar-refractivity contribution in [3.8, 4) is 0 Å². The Morgan fingerprint density at radius 2 is 1.96 bits per heavy atom. The normalized spacial score (nSPS) is 19.8. The van der Waals surface area contributed by atoms with Crippen molar-refractivity contribution in [3.05, 3.63) is 23.9 Å². The molecule has 25 heavy (non-hydrogen) atoms. The molecule has 3 rings (SSSR count). The molecular weight excluding hydrogens is 312 g/mol. The number of hydrogen-bond donors (Lipinski definition) is 1. The van der Waals surface area contributed by atoms with Gasteiger partial charge in [0.1, 0.15) is 5.82 Å². The van der Waals surface area contributed by atoms with Crippen molar-refractivity contribution in [2.45, 2.75) is 52.0 Å². The predicted molar refractivity (Wildman–Crippen MR) is 102 cm³/mol. The van der Waals surface area contributed by atoms with Crippen molar-refractivity contribution < 1.29 is 4.79 Å². The largest absolute Gasteiger partial charge is 0.357 e. The van der Waals surface area contributed by atoms with Crippen molar-refractivity contribution in [3.63, 3.8) is 0 Å². The topological polar surface area (TPSA) is 48.5 Å². The van der Waals surface area contributed by atoms with Gasteiger partial charge in [0.2, 0.25) is 0 Å². The maximum Gasteiger partial charge on any atom is 0.255 e. The van der Waals surface area contributed by atoms with Crippen LogP contribution in [0.5, 0.6) is 0 Å². The van der Waals surface area contributed by atoms with Gasteiger partial charge in [-0.3, -0.25) is 4.79 Å².